The summed E-state index contributed by atoms with van der Waals surface area (Å²) in [6, 6.07) is 4.09. The topological polar surface area (TPSA) is 112 Å². The van der Waals surface area contributed by atoms with Crippen LogP contribution in [0.15, 0.2) is 18.7 Å². The van der Waals surface area contributed by atoms with E-state index in [1.54, 1.807) is 6.33 Å². The van der Waals surface area contributed by atoms with Crippen LogP contribution in [0.3, 0.4) is 0 Å². The molecule has 2 aromatic heterocycles. The smallest absolute Gasteiger partial charge is 0.162 e. The van der Waals surface area contributed by atoms with E-state index in [1.807, 2.05) is 13.0 Å². The summed E-state index contributed by atoms with van der Waals surface area (Å²) >= 11 is 6.44. The molecule has 3 heterocycles. The molecule has 4 rings (SSSR count). The average molecular weight is 398 g/mol. The molecule has 0 spiro atoms. The summed E-state index contributed by atoms with van der Waals surface area (Å²) in [4.78, 5) is 15.6. The van der Waals surface area contributed by atoms with Crippen LogP contribution in [0.5, 0.6) is 5.75 Å². The number of anilines is 1. The number of hydrogen-bond donors (Lipinski definition) is 3. The maximum absolute atomic E-state index is 9.61. The van der Waals surface area contributed by atoms with E-state index in [1.165, 1.54) is 6.33 Å². The third kappa shape index (κ3) is 3.35. The van der Waals surface area contributed by atoms with E-state index < -0.39 is 0 Å². The lowest BCUT2D eigenvalue weighted by atomic mass is 9.87. The number of aromatic amines is 1. The highest BCUT2D eigenvalue weighted by Gasteiger charge is 2.29. The lowest BCUT2D eigenvalue weighted by molar-refractivity contribution is 0.323. The molecule has 0 unspecified atom stereocenters. The number of rotatable bonds is 7. The van der Waals surface area contributed by atoms with Crippen LogP contribution in [0, 0.1) is 11.3 Å². The molecule has 1 aromatic carbocycles. The van der Waals surface area contributed by atoms with Crippen molar-refractivity contribution < 1.29 is 4.74 Å². The average Bonchev–Trinajstić information content (AvgIpc) is 3.13. The van der Waals surface area contributed by atoms with Crippen LogP contribution in [-0.4, -0.2) is 46.2 Å². The standard InChI is InChI=1S/C19H20ClN7O/c1-2-28-17-11(5-14(20)13(6-21)15(17)12-7-22-8-12)3-4-23-18-16-19(25-9-24-16)27-10-26-18/h5,9-10,12,22H,2-4,7-8H2,1H3,(H2,23,24,25,26,27). The third-order valence-electron chi connectivity index (χ3n) is 4.84. The molecule has 0 atom stereocenters. The van der Waals surface area contributed by atoms with Crippen LogP contribution >= 0.6 is 11.6 Å². The summed E-state index contributed by atoms with van der Waals surface area (Å²) in [5.74, 6) is 1.70. The van der Waals surface area contributed by atoms with Crippen molar-refractivity contribution in [1.82, 2.24) is 25.3 Å². The fourth-order valence-electron chi connectivity index (χ4n) is 3.41. The van der Waals surface area contributed by atoms with Crippen molar-refractivity contribution in [2.24, 2.45) is 0 Å². The Kier molecular flexibility index (Phi) is 5.28. The Labute approximate surface area is 167 Å². The highest BCUT2D eigenvalue weighted by atomic mass is 35.5. The summed E-state index contributed by atoms with van der Waals surface area (Å²) in [5, 5.41) is 16.6. The van der Waals surface area contributed by atoms with Gasteiger partial charge in [0.2, 0.25) is 0 Å². The maximum Gasteiger partial charge on any atom is 0.162 e. The number of nitrogens with zero attached hydrogens (tertiary/aromatic N) is 4. The van der Waals surface area contributed by atoms with E-state index in [2.05, 4.69) is 36.6 Å². The minimum Gasteiger partial charge on any atom is -0.493 e. The molecule has 8 nitrogen and oxygen atoms in total. The minimum atomic E-state index is 0.243. The Morgan fingerprint density at radius 1 is 1.36 bits per heavy atom. The van der Waals surface area contributed by atoms with Crippen LogP contribution in [0.2, 0.25) is 5.02 Å². The number of ether oxygens (including phenoxy) is 1. The van der Waals surface area contributed by atoms with Crippen molar-refractivity contribution in [2.75, 3.05) is 31.6 Å². The molecule has 0 aliphatic carbocycles. The second-order valence-electron chi connectivity index (χ2n) is 6.53. The van der Waals surface area contributed by atoms with Crippen molar-refractivity contribution >= 4 is 28.6 Å². The molecular formula is C19H20ClN7O. The first-order chi connectivity index (χ1) is 13.7. The predicted molar refractivity (Wildman–Crippen MR) is 107 cm³/mol. The minimum absolute atomic E-state index is 0.243. The fraction of sp³-hybridized carbons (Fsp3) is 0.368. The number of fused-ring (bicyclic) bond motifs is 1. The van der Waals surface area contributed by atoms with Gasteiger partial charge in [0, 0.05) is 31.1 Å². The molecule has 28 heavy (non-hydrogen) atoms. The number of imidazole rings is 1. The van der Waals surface area contributed by atoms with Crippen LogP contribution in [0.4, 0.5) is 5.82 Å². The zero-order chi connectivity index (χ0) is 19.5. The number of halogens is 1. The SMILES string of the molecule is CCOc1c(CCNc2ncnc3[nH]cnc23)cc(Cl)c(C#N)c1C1CNC1. The molecule has 1 fully saturated rings. The van der Waals surface area contributed by atoms with Gasteiger partial charge in [-0.1, -0.05) is 11.6 Å². The molecule has 1 saturated heterocycles. The molecule has 0 bridgehead atoms. The first-order valence-electron chi connectivity index (χ1n) is 9.19. The molecule has 0 amide bonds. The highest BCUT2D eigenvalue weighted by Crippen LogP contribution is 2.39. The van der Waals surface area contributed by atoms with Gasteiger partial charge in [-0.2, -0.15) is 5.26 Å². The van der Waals surface area contributed by atoms with Gasteiger partial charge in [-0.3, -0.25) is 0 Å². The van der Waals surface area contributed by atoms with Gasteiger partial charge in [0.25, 0.3) is 0 Å². The summed E-state index contributed by atoms with van der Waals surface area (Å²) in [7, 11) is 0. The Hall–Kier alpha value is -2.89. The molecule has 1 aliphatic heterocycles. The van der Waals surface area contributed by atoms with Gasteiger partial charge < -0.3 is 20.4 Å². The van der Waals surface area contributed by atoms with Crippen molar-refractivity contribution in [1.29, 1.82) is 5.26 Å². The Morgan fingerprint density at radius 3 is 2.93 bits per heavy atom. The molecular weight excluding hydrogens is 378 g/mol. The van der Waals surface area contributed by atoms with E-state index in [4.69, 9.17) is 16.3 Å². The largest absolute Gasteiger partial charge is 0.493 e. The number of nitrogens with one attached hydrogen (secondary N) is 3. The molecule has 3 N–H and O–H groups in total. The monoisotopic (exact) mass is 397 g/mol. The van der Waals surface area contributed by atoms with Gasteiger partial charge in [0.05, 0.1) is 23.5 Å². The van der Waals surface area contributed by atoms with E-state index >= 15 is 0 Å². The third-order valence-corrected chi connectivity index (χ3v) is 5.14. The lowest BCUT2D eigenvalue weighted by Crippen LogP contribution is -2.40. The zero-order valence-electron chi connectivity index (χ0n) is 15.4. The maximum atomic E-state index is 9.61. The molecule has 9 heteroatoms. The van der Waals surface area contributed by atoms with Crippen LogP contribution in [0.25, 0.3) is 11.2 Å². The number of benzene rings is 1. The number of hydrogen-bond acceptors (Lipinski definition) is 7. The normalized spacial score (nSPS) is 13.9. The van der Waals surface area contributed by atoms with Gasteiger partial charge in [-0.15, -0.1) is 0 Å². The zero-order valence-corrected chi connectivity index (χ0v) is 16.2. The molecule has 0 radical (unpaired) electrons. The fourth-order valence-corrected chi connectivity index (χ4v) is 3.69. The highest BCUT2D eigenvalue weighted by molar-refractivity contribution is 6.32. The van der Waals surface area contributed by atoms with Gasteiger partial charge in [0.15, 0.2) is 11.5 Å². The van der Waals surface area contributed by atoms with Crippen molar-refractivity contribution in [2.45, 2.75) is 19.3 Å². The van der Waals surface area contributed by atoms with Gasteiger partial charge in [-0.25, -0.2) is 15.0 Å². The number of aromatic nitrogens is 4. The van der Waals surface area contributed by atoms with E-state index in [9.17, 15) is 5.26 Å². The first kappa shape index (κ1) is 18.5. The number of H-pyrrole nitrogens is 1. The van der Waals surface area contributed by atoms with Gasteiger partial charge in [0.1, 0.15) is 23.7 Å². The van der Waals surface area contributed by atoms with Crippen LogP contribution in [0.1, 0.15) is 29.5 Å². The second-order valence-corrected chi connectivity index (χ2v) is 6.94. The summed E-state index contributed by atoms with van der Waals surface area (Å²) in [6.45, 7) is 4.74. The quantitative estimate of drug-likeness (QED) is 0.561. The van der Waals surface area contributed by atoms with Gasteiger partial charge in [-0.05, 0) is 25.0 Å². The summed E-state index contributed by atoms with van der Waals surface area (Å²) < 4.78 is 5.97. The predicted octanol–water partition coefficient (Wildman–Crippen LogP) is 2.62. The number of nitriles is 1. The Bertz CT molecular complexity index is 1040. The second kappa shape index (κ2) is 8.00. The van der Waals surface area contributed by atoms with E-state index in [-0.39, 0.29) is 5.92 Å². The molecule has 0 saturated carbocycles. The van der Waals surface area contributed by atoms with E-state index in [0.717, 1.165) is 30.0 Å². The summed E-state index contributed by atoms with van der Waals surface area (Å²) in [6.07, 6.45) is 3.76. The Morgan fingerprint density at radius 2 is 2.21 bits per heavy atom. The first-order valence-corrected chi connectivity index (χ1v) is 9.57. The molecule has 144 valence electrons. The Balaban J connectivity index is 1.61. The van der Waals surface area contributed by atoms with Crippen molar-refractivity contribution in [3.8, 4) is 11.8 Å². The lowest BCUT2D eigenvalue weighted by Gasteiger charge is -2.31. The van der Waals surface area contributed by atoms with E-state index in [0.29, 0.717) is 47.1 Å². The molecule has 1 aliphatic rings. The van der Waals surface area contributed by atoms with Crippen molar-refractivity contribution in [3.05, 3.63) is 40.4 Å². The molecule has 3 aromatic rings. The van der Waals surface area contributed by atoms with Crippen LogP contribution in [-0.2, 0) is 6.42 Å². The van der Waals surface area contributed by atoms with Crippen molar-refractivity contribution in [3.63, 3.8) is 0 Å². The summed E-state index contributed by atoms with van der Waals surface area (Å²) in [5.41, 5.74) is 3.80. The van der Waals surface area contributed by atoms with Crippen LogP contribution < -0.4 is 15.4 Å². The van der Waals surface area contributed by atoms with Gasteiger partial charge >= 0.3 is 0 Å².